The molecule has 3 nitrogen and oxygen atoms in total. The molecule has 0 N–H and O–H groups in total. The fourth-order valence-electron chi connectivity index (χ4n) is 0.356. The summed E-state index contributed by atoms with van der Waals surface area (Å²) in [4.78, 5) is 9.83. The van der Waals surface area contributed by atoms with E-state index in [-0.39, 0.29) is 12.3 Å². The molecule has 0 heterocycles. The number of hydrogen-bond acceptors (Lipinski definition) is 3. The Bertz CT molecular complexity index is 114. The zero-order chi connectivity index (χ0) is 7.11. The van der Waals surface area contributed by atoms with Crippen LogP contribution in [0.1, 0.15) is 13.3 Å². The molecule has 0 aromatic heterocycles. The van der Waals surface area contributed by atoms with Crippen LogP contribution in [0.15, 0.2) is 4.51 Å². The van der Waals surface area contributed by atoms with Crippen molar-refractivity contribution in [3.63, 3.8) is 0 Å². The van der Waals surface area contributed by atoms with Crippen LogP contribution in [0, 0.1) is 0 Å². The third-order valence-corrected chi connectivity index (χ3v) is 0.852. The molecule has 0 unspecified atom stereocenters. The summed E-state index contributed by atoms with van der Waals surface area (Å²) >= 11 is 5.03. The zero-order valence-corrected chi connectivity index (χ0v) is 5.89. The van der Waals surface area contributed by atoms with Crippen molar-refractivity contribution in [3.05, 3.63) is 0 Å². The van der Waals surface area contributed by atoms with E-state index in [0.717, 1.165) is 0 Å². The van der Waals surface area contributed by atoms with Gasteiger partial charge in [-0.25, -0.2) is 0 Å². The van der Waals surface area contributed by atoms with Crippen molar-refractivity contribution in [1.82, 2.24) is 0 Å². The highest BCUT2D eigenvalue weighted by Gasteiger charge is 1.94. The molecule has 0 saturated carbocycles. The second kappa shape index (κ2) is 5.56. The van der Waals surface area contributed by atoms with Crippen LogP contribution in [0.3, 0.4) is 0 Å². The predicted molar refractivity (Wildman–Crippen MR) is 35.6 cm³/mol. The minimum atomic E-state index is 0.150. The summed E-state index contributed by atoms with van der Waals surface area (Å²) in [6, 6.07) is 0. The number of hydrogen-bond donors (Lipinski definition) is 0. The average molecular weight is 150 g/mol. The van der Waals surface area contributed by atoms with E-state index in [1.807, 2.05) is 0 Å². The lowest BCUT2D eigenvalue weighted by atomic mass is 10.5. The normalized spacial score (nSPS) is 11.1. The Morgan fingerprint density at radius 3 is 2.89 bits per heavy atom. The van der Waals surface area contributed by atoms with Crippen molar-refractivity contribution in [3.8, 4) is 0 Å². The molecule has 0 spiro atoms. The molecule has 0 fully saturated rings. The van der Waals surface area contributed by atoms with Gasteiger partial charge in [-0.05, 0) is 6.92 Å². The van der Waals surface area contributed by atoms with Crippen LogP contribution >= 0.6 is 11.8 Å². The van der Waals surface area contributed by atoms with Crippen molar-refractivity contribution in [2.24, 2.45) is 4.51 Å². The number of ether oxygens (including phenoxy) is 1. The first-order valence-corrected chi connectivity index (χ1v) is 2.93. The molecule has 0 aromatic carbocycles. The molecule has 4 heteroatoms. The zero-order valence-electron chi connectivity index (χ0n) is 5.13. The molecule has 0 atom stereocenters. The molecular formula is C5H8ClNO2. The van der Waals surface area contributed by atoms with Crippen molar-refractivity contribution < 1.29 is 9.53 Å². The van der Waals surface area contributed by atoms with Gasteiger partial charge < -0.3 is 9.53 Å². The molecule has 0 aliphatic rings. The van der Waals surface area contributed by atoms with Crippen LogP contribution in [0.2, 0.25) is 0 Å². The minimum absolute atomic E-state index is 0.150. The van der Waals surface area contributed by atoms with Gasteiger partial charge in [0.05, 0.1) is 13.0 Å². The van der Waals surface area contributed by atoms with E-state index in [1.54, 1.807) is 6.92 Å². The molecule has 52 valence electrons. The molecule has 0 aromatic rings. The molecule has 0 aliphatic carbocycles. The standard InChI is InChI=1S/C5H8ClNO2/c1-2-9-5(7-6)3-4-8/h4H,2-3H2,1H3. The van der Waals surface area contributed by atoms with Gasteiger partial charge in [0, 0.05) is 11.8 Å². The summed E-state index contributed by atoms with van der Waals surface area (Å²) in [5.74, 6) is 0.272. The summed E-state index contributed by atoms with van der Waals surface area (Å²) in [7, 11) is 0. The third-order valence-electron chi connectivity index (χ3n) is 0.663. The Hall–Kier alpha value is -0.570. The van der Waals surface area contributed by atoms with E-state index in [0.29, 0.717) is 12.9 Å². The molecule has 0 aliphatic heterocycles. The van der Waals surface area contributed by atoms with Crippen LogP contribution in [-0.4, -0.2) is 18.8 Å². The van der Waals surface area contributed by atoms with Gasteiger partial charge >= 0.3 is 0 Å². The van der Waals surface area contributed by atoms with E-state index in [1.165, 1.54) is 0 Å². The number of carbonyl (C=O) groups is 1. The van der Waals surface area contributed by atoms with Crippen LogP contribution in [0.4, 0.5) is 0 Å². The first-order chi connectivity index (χ1) is 4.35. The molecule has 0 rings (SSSR count). The number of aldehydes is 1. The highest BCUT2D eigenvalue weighted by atomic mass is 35.5. The molecular weight excluding hydrogens is 142 g/mol. The van der Waals surface area contributed by atoms with Gasteiger partial charge in [0.15, 0.2) is 0 Å². The molecule has 0 radical (unpaired) electrons. The first-order valence-electron chi connectivity index (χ1n) is 2.59. The maximum Gasteiger partial charge on any atom is 0.208 e. The summed E-state index contributed by atoms with van der Waals surface area (Å²) in [5, 5.41) is 0. The lowest BCUT2D eigenvalue weighted by Crippen LogP contribution is -2.03. The van der Waals surface area contributed by atoms with Gasteiger partial charge in [0.2, 0.25) is 5.90 Å². The van der Waals surface area contributed by atoms with Gasteiger partial charge in [-0.15, -0.1) is 4.51 Å². The predicted octanol–water partition coefficient (Wildman–Crippen LogP) is 1.16. The number of nitrogens with zero attached hydrogens (tertiary/aromatic N) is 1. The monoisotopic (exact) mass is 149 g/mol. The van der Waals surface area contributed by atoms with E-state index in [9.17, 15) is 4.79 Å². The van der Waals surface area contributed by atoms with Gasteiger partial charge in [-0.1, -0.05) is 0 Å². The van der Waals surface area contributed by atoms with Gasteiger partial charge in [0.25, 0.3) is 0 Å². The van der Waals surface area contributed by atoms with Gasteiger partial charge in [-0.3, -0.25) is 0 Å². The quantitative estimate of drug-likeness (QED) is 0.343. The largest absolute Gasteiger partial charge is 0.480 e. The Balaban J connectivity index is 3.55. The third kappa shape index (κ3) is 3.97. The molecule has 0 bridgehead atoms. The van der Waals surface area contributed by atoms with Gasteiger partial charge in [0.1, 0.15) is 6.29 Å². The second-order valence-corrected chi connectivity index (χ2v) is 1.45. The fourth-order valence-corrected chi connectivity index (χ4v) is 0.474. The second-order valence-electron chi connectivity index (χ2n) is 1.28. The SMILES string of the molecule is CCOC(CC=O)=NCl. The first kappa shape index (κ1) is 8.43. The van der Waals surface area contributed by atoms with E-state index in [4.69, 9.17) is 16.5 Å². The van der Waals surface area contributed by atoms with Crippen LogP contribution < -0.4 is 0 Å². The molecule has 0 amide bonds. The highest BCUT2D eigenvalue weighted by Crippen LogP contribution is 1.89. The van der Waals surface area contributed by atoms with Crippen molar-refractivity contribution in [2.45, 2.75) is 13.3 Å². The van der Waals surface area contributed by atoms with Crippen molar-refractivity contribution >= 4 is 24.0 Å². The Morgan fingerprint density at radius 1 is 1.89 bits per heavy atom. The highest BCUT2D eigenvalue weighted by molar-refractivity contribution is 6.19. The number of rotatable bonds is 3. The van der Waals surface area contributed by atoms with Crippen molar-refractivity contribution in [2.75, 3.05) is 6.61 Å². The Labute approximate surface area is 58.8 Å². The topological polar surface area (TPSA) is 38.7 Å². The van der Waals surface area contributed by atoms with Gasteiger partial charge in [-0.2, -0.15) is 0 Å². The molecule has 0 saturated heterocycles. The summed E-state index contributed by atoms with van der Waals surface area (Å²) in [6.45, 7) is 2.28. The maximum atomic E-state index is 9.83. The summed E-state index contributed by atoms with van der Waals surface area (Å²) < 4.78 is 8.02. The maximum absolute atomic E-state index is 9.83. The van der Waals surface area contributed by atoms with Crippen LogP contribution in [0.25, 0.3) is 0 Å². The van der Waals surface area contributed by atoms with Crippen LogP contribution in [-0.2, 0) is 9.53 Å². The smallest absolute Gasteiger partial charge is 0.208 e. The van der Waals surface area contributed by atoms with Crippen molar-refractivity contribution in [1.29, 1.82) is 0 Å². The number of halogens is 1. The van der Waals surface area contributed by atoms with E-state index in [2.05, 4.69) is 4.51 Å². The van der Waals surface area contributed by atoms with E-state index < -0.39 is 0 Å². The average Bonchev–Trinajstić information content (AvgIpc) is 1.88. The van der Waals surface area contributed by atoms with E-state index >= 15 is 0 Å². The lowest BCUT2D eigenvalue weighted by molar-refractivity contribution is -0.107. The summed E-state index contributed by atoms with van der Waals surface area (Å²) in [6.07, 6.45) is 0.841. The molecule has 9 heavy (non-hydrogen) atoms. The summed E-state index contributed by atoms with van der Waals surface area (Å²) in [5.41, 5.74) is 0. The Morgan fingerprint density at radius 2 is 2.56 bits per heavy atom. The fraction of sp³-hybridized carbons (Fsp3) is 0.600. The van der Waals surface area contributed by atoms with Crippen LogP contribution in [0.5, 0.6) is 0 Å². The minimum Gasteiger partial charge on any atom is -0.480 e. The Kier molecular flexibility index (Phi) is 5.21. The lowest BCUT2D eigenvalue weighted by Gasteiger charge is -1.98. The number of carbonyl (C=O) groups excluding carboxylic acids is 1.